The summed E-state index contributed by atoms with van der Waals surface area (Å²) in [7, 11) is 0. The highest BCUT2D eigenvalue weighted by Gasteiger charge is 2.23. The van der Waals surface area contributed by atoms with E-state index in [1.807, 2.05) is 44.2 Å². The summed E-state index contributed by atoms with van der Waals surface area (Å²) in [6.07, 6.45) is 0.689. The van der Waals surface area contributed by atoms with Crippen LogP contribution in [0.15, 0.2) is 54.6 Å². The Morgan fingerprint density at radius 2 is 1.80 bits per heavy atom. The maximum Gasteiger partial charge on any atom is 0.322 e. The number of nitrogens with one attached hydrogen (secondary N) is 2. The zero-order valence-electron chi connectivity index (χ0n) is 20.9. The number of amides is 3. The third-order valence-corrected chi connectivity index (χ3v) is 5.38. The fourth-order valence-corrected chi connectivity index (χ4v) is 3.47. The average Bonchev–Trinajstić information content (AvgIpc) is 3.23. The molecule has 0 aliphatic rings. The molecule has 2 N–H and O–H groups in total. The standard InChI is InChI=1S/C27H32N6O2/c1-6-14-32(26(35)29-21-9-7-8-20(15-21)17-28)18-25(34)30-24-16-23(27(3,4)5)31-33(24)22-12-10-19(2)11-13-22/h7-13,15-16H,6,14,18H2,1-5H3,(H,29,35)(H,30,34). The fraction of sp³-hybridized carbons (Fsp3) is 0.333. The van der Waals surface area contributed by atoms with Gasteiger partial charge in [-0.3, -0.25) is 4.79 Å². The van der Waals surface area contributed by atoms with Crippen LogP contribution >= 0.6 is 0 Å². The highest BCUT2D eigenvalue weighted by atomic mass is 16.2. The molecule has 0 fully saturated rings. The predicted molar refractivity (Wildman–Crippen MR) is 138 cm³/mol. The number of nitriles is 1. The van der Waals surface area contributed by atoms with Crippen molar-refractivity contribution in [2.75, 3.05) is 23.7 Å². The highest BCUT2D eigenvalue weighted by molar-refractivity contribution is 5.96. The van der Waals surface area contributed by atoms with Crippen molar-refractivity contribution >= 4 is 23.4 Å². The van der Waals surface area contributed by atoms with Gasteiger partial charge in [-0.2, -0.15) is 10.4 Å². The van der Waals surface area contributed by atoms with E-state index in [0.29, 0.717) is 30.0 Å². The lowest BCUT2D eigenvalue weighted by Crippen LogP contribution is -2.41. The molecule has 35 heavy (non-hydrogen) atoms. The van der Waals surface area contributed by atoms with E-state index >= 15 is 0 Å². The van der Waals surface area contributed by atoms with Crippen molar-refractivity contribution in [3.63, 3.8) is 0 Å². The topological polar surface area (TPSA) is 103 Å². The van der Waals surface area contributed by atoms with Crippen molar-refractivity contribution < 1.29 is 9.59 Å². The van der Waals surface area contributed by atoms with Crippen LogP contribution in [0.3, 0.4) is 0 Å². The molecule has 0 radical (unpaired) electrons. The van der Waals surface area contributed by atoms with Gasteiger partial charge in [0.05, 0.1) is 23.0 Å². The molecule has 182 valence electrons. The molecule has 1 aromatic heterocycles. The van der Waals surface area contributed by atoms with Crippen LogP contribution in [0.1, 0.15) is 50.9 Å². The summed E-state index contributed by atoms with van der Waals surface area (Å²) >= 11 is 0. The Morgan fingerprint density at radius 1 is 1.09 bits per heavy atom. The normalized spacial score (nSPS) is 11.0. The molecule has 0 unspecified atom stereocenters. The van der Waals surface area contributed by atoms with Crippen LogP contribution in [0.4, 0.5) is 16.3 Å². The quantitative estimate of drug-likeness (QED) is 0.491. The van der Waals surface area contributed by atoms with Crippen molar-refractivity contribution in [1.82, 2.24) is 14.7 Å². The van der Waals surface area contributed by atoms with Crippen LogP contribution in [0.5, 0.6) is 0 Å². The number of carbonyl (C=O) groups is 2. The van der Waals surface area contributed by atoms with Gasteiger partial charge in [-0.25, -0.2) is 9.48 Å². The van der Waals surface area contributed by atoms with Crippen molar-refractivity contribution in [3.05, 3.63) is 71.4 Å². The first-order valence-corrected chi connectivity index (χ1v) is 11.6. The molecule has 0 saturated heterocycles. The number of carbonyl (C=O) groups excluding carboxylic acids is 2. The molecule has 8 heteroatoms. The Bertz CT molecular complexity index is 1230. The van der Waals surface area contributed by atoms with Gasteiger partial charge >= 0.3 is 6.03 Å². The van der Waals surface area contributed by atoms with Gasteiger partial charge in [-0.1, -0.05) is 51.5 Å². The number of benzene rings is 2. The van der Waals surface area contributed by atoms with Crippen molar-refractivity contribution in [2.45, 2.75) is 46.5 Å². The number of aromatic nitrogens is 2. The van der Waals surface area contributed by atoms with Crippen molar-refractivity contribution in [2.24, 2.45) is 0 Å². The Hall–Kier alpha value is -4.12. The van der Waals surface area contributed by atoms with Crippen LogP contribution in [-0.4, -0.2) is 39.7 Å². The van der Waals surface area contributed by atoms with Gasteiger partial charge < -0.3 is 15.5 Å². The lowest BCUT2D eigenvalue weighted by Gasteiger charge is -2.22. The average molecular weight is 473 g/mol. The van der Waals surface area contributed by atoms with Crippen LogP contribution in [0.2, 0.25) is 0 Å². The van der Waals surface area contributed by atoms with Crippen LogP contribution < -0.4 is 10.6 Å². The first-order valence-electron chi connectivity index (χ1n) is 11.6. The predicted octanol–water partition coefficient (Wildman–Crippen LogP) is 5.23. The minimum atomic E-state index is -0.403. The van der Waals surface area contributed by atoms with Gasteiger partial charge in [0.15, 0.2) is 0 Å². The number of anilines is 2. The second kappa shape index (κ2) is 10.9. The number of hydrogen-bond donors (Lipinski definition) is 2. The van der Waals surface area contributed by atoms with Gasteiger partial charge in [-0.15, -0.1) is 0 Å². The molecular formula is C27H32N6O2. The minimum absolute atomic E-state index is 0.123. The van der Waals surface area contributed by atoms with Gasteiger partial charge in [0.2, 0.25) is 5.91 Å². The molecule has 0 bridgehead atoms. The van der Waals surface area contributed by atoms with E-state index in [4.69, 9.17) is 10.4 Å². The van der Waals surface area contributed by atoms with Crippen molar-refractivity contribution in [3.8, 4) is 11.8 Å². The largest absolute Gasteiger partial charge is 0.322 e. The number of aryl methyl sites for hydroxylation is 1. The Balaban J connectivity index is 1.79. The summed E-state index contributed by atoms with van der Waals surface area (Å²) in [5.74, 6) is 0.218. The summed E-state index contributed by atoms with van der Waals surface area (Å²) in [5.41, 5.74) is 3.55. The Kier molecular flexibility index (Phi) is 7.92. The maximum atomic E-state index is 13.0. The summed E-state index contributed by atoms with van der Waals surface area (Å²) < 4.78 is 1.72. The van der Waals surface area contributed by atoms with Gasteiger partial charge in [0.25, 0.3) is 0 Å². The summed E-state index contributed by atoms with van der Waals surface area (Å²) in [6, 6.07) is 18.1. The Morgan fingerprint density at radius 3 is 2.43 bits per heavy atom. The molecule has 0 saturated carbocycles. The monoisotopic (exact) mass is 472 g/mol. The lowest BCUT2D eigenvalue weighted by atomic mass is 9.92. The van der Waals surface area contributed by atoms with E-state index in [0.717, 1.165) is 16.9 Å². The van der Waals surface area contributed by atoms with Crippen LogP contribution in [0, 0.1) is 18.3 Å². The first kappa shape index (κ1) is 25.5. The zero-order chi connectivity index (χ0) is 25.6. The minimum Gasteiger partial charge on any atom is -0.315 e. The van der Waals surface area contributed by atoms with Gasteiger partial charge in [0.1, 0.15) is 12.4 Å². The number of nitrogens with zero attached hydrogens (tertiary/aromatic N) is 4. The van der Waals surface area contributed by atoms with Crippen LogP contribution in [0.25, 0.3) is 5.69 Å². The second-order valence-corrected chi connectivity index (χ2v) is 9.50. The van der Waals surface area contributed by atoms with E-state index < -0.39 is 6.03 Å². The molecule has 3 rings (SSSR count). The van der Waals surface area contributed by atoms with E-state index in [2.05, 4.69) is 37.5 Å². The molecule has 0 aliphatic heterocycles. The highest BCUT2D eigenvalue weighted by Crippen LogP contribution is 2.26. The summed E-state index contributed by atoms with van der Waals surface area (Å²) in [4.78, 5) is 27.4. The molecular weight excluding hydrogens is 440 g/mol. The molecule has 1 heterocycles. The summed E-state index contributed by atoms with van der Waals surface area (Å²) in [6.45, 7) is 10.4. The van der Waals surface area contributed by atoms with E-state index in [1.54, 1.807) is 28.9 Å². The third kappa shape index (κ3) is 6.70. The molecule has 0 aliphatic carbocycles. The molecule has 0 spiro atoms. The molecule has 2 aromatic carbocycles. The first-order chi connectivity index (χ1) is 16.6. The molecule has 8 nitrogen and oxygen atoms in total. The SMILES string of the molecule is CCCN(CC(=O)Nc1cc(C(C)(C)C)nn1-c1ccc(C)cc1)C(=O)Nc1cccc(C#N)c1. The van der Waals surface area contributed by atoms with Crippen LogP contribution in [-0.2, 0) is 10.2 Å². The van der Waals surface area contributed by atoms with Gasteiger partial charge in [0, 0.05) is 23.7 Å². The van der Waals surface area contributed by atoms with E-state index in [1.165, 1.54) is 4.90 Å². The second-order valence-electron chi connectivity index (χ2n) is 9.50. The molecule has 3 aromatic rings. The van der Waals surface area contributed by atoms with Gasteiger partial charge in [-0.05, 0) is 43.7 Å². The van der Waals surface area contributed by atoms with Crippen molar-refractivity contribution in [1.29, 1.82) is 5.26 Å². The smallest absolute Gasteiger partial charge is 0.315 e. The van der Waals surface area contributed by atoms with E-state index in [-0.39, 0.29) is 17.9 Å². The fourth-order valence-electron chi connectivity index (χ4n) is 3.47. The summed E-state index contributed by atoms with van der Waals surface area (Å²) in [5, 5.41) is 19.5. The number of rotatable bonds is 7. The Labute approximate surface area is 206 Å². The number of hydrogen-bond acceptors (Lipinski definition) is 4. The molecule has 0 atom stereocenters. The molecule has 3 amide bonds. The lowest BCUT2D eigenvalue weighted by molar-refractivity contribution is -0.116. The zero-order valence-corrected chi connectivity index (χ0v) is 20.9. The third-order valence-electron chi connectivity index (χ3n) is 5.38. The number of urea groups is 1. The maximum absolute atomic E-state index is 13.0. The van der Waals surface area contributed by atoms with E-state index in [9.17, 15) is 9.59 Å².